The number of amides is 1. The Bertz CT molecular complexity index is 947. The Morgan fingerprint density at radius 1 is 1.08 bits per heavy atom. The number of nitrogens with one attached hydrogen (secondary N) is 2. The first-order valence-corrected chi connectivity index (χ1v) is 7.99. The number of ether oxygens (including phenoxy) is 2. The summed E-state index contributed by atoms with van der Waals surface area (Å²) in [6, 6.07) is 14.7. The quantitative estimate of drug-likeness (QED) is 0.566. The van der Waals surface area contributed by atoms with Crippen LogP contribution in [0.1, 0.15) is 10.4 Å². The summed E-state index contributed by atoms with van der Waals surface area (Å²) in [6.07, 6.45) is 1.22. The summed E-state index contributed by atoms with van der Waals surface area (Å²) in [5.41, 5.74) is 1.18. The summed E-state index contributed by atoms with van der Waals surface area (Å²) in [6.45, 7) is 0.514. The maximum atomic E-state index is 12.4. The van der Waals surface area contributed by atoms with Gasteiger partial charge in [0.05, 0.1) is 12.1 Å². The van der Waals surface area contributed by atoms with E-state index in [-0.39, 0.29) is 12.6 Å². The largest absolute Gasteiger partial charge is 0.486 e. The van der Waals surface area contributed by atoms with Crippen molar-refractivity contribution in [3.63, 3.8) is 0 Å². The molecular formula is C19H16N2O4. The summed E-state index contributed by atoms with van der Waals surface area (Å²) in [4.78, 5) is 27.6. The number of hydrogen-bond donors (Lipinski definition) is 2. The third-order valence-corrected chi connectivity index (χ3v) is 4.10. The number of carbonyl (C=O) groups is 2. The SMILES string of the molecule is O=C(NC[C@H]1COc2ccccc2O1)C(=O)c1c[nH]c2ccccc12. The minimum absolute atomic E-state index is 0.196. The predicted octanol–water partition coefficient (Wildman–Crippen LogP) is 2.31. The number of fused-ring (bicyclic) bond motifs is 2. The van der Waals surface area contributed by atoms with Crippen LogP contribution in [-0.2, 0) is 4.79 Å². The van der Waals surface area contributed by atoms with Gasteiger partial charge in [-0.05, 0) is 18.2 Å². The molecule has 0 unspecified atom stereocenters. The lowest BCUT2D eigenvalue weighted by atomic mass is 10.1. The number of carbonyl (C=O) groups excluding carboxylic acids is 2. The molecule has 4 rings (SSSR count). The second-order valence-electron chi connectivity index (χ2n) is 5.78. The lowest BCUT2D eigenvalue weighted by Crippen LogP contribution is -2.42. The molecule has 0 saturated carbocycles. The summed E-state index contributed by atoms with van der Waals surface area (Å²) in [5.74, 6) is 0.0812. The van der Waals surface area contributed by atoms with Gasteiger partial charge in [0.1, 0.15) is 12.7 Å². The molecule has 0 radical (unpaired) electrons. The van der Waals surface area contributed by atoms with E-state index in [1.807, 2.05) is 36.4 Å². The zero-order valence-corrected chi connectivity index (χ0v) is 13.3. The van der Waals surface area contributed by atoms with E-state index in [2.05, 4.69) is 10.3 Å². The molecule has 6 heteroatoms. The molecular weight excluding hydrogens is 320 g/mol. The standard InChI is InChI=1S/C19H16N2O4/c22-18(14-10-20-15-6-2-1-5-13(14)15)19(23)21-9-12-11-24-16-7-3-4-8-17(16)25-12/h1-8,10,12,20H,9,11H2,(H,21,23)/t12-/m0/s1. The van der Waals surface area contributed by atoms with Crippen molar-refractivity contribution in [2.24, 2.45) is 0 Å². The molecule has 0 saturated heterocycles. The van der Waals surface area contributed by atoms with Crippen LogP contribution in [0, 0.1) is 0 Å². The molecule has 6 nitrogen and oxygen atoms in total. The zero-order chi connectivity index (χ0) is 17.2. The number of ketones is 1. The number of hydrogen-bond acceptors (Lipinski definition) is 4. The average molecular weight is 336 g/mol. The van der Waals surface area contributed by atoms with Crippen molar-refractivity contribution < 1.29 is 19.1 Å². The Labute approximate surface area is 143 Å². The average Bonchev–Trinajstić information content (AvgIpc) is 3.09. The normalized spacial score (nSPS) is 15.8. The first-order chi connectivity index (χ1) is 12.2. The van der Waals surface area contributed by atoms with Crippen molar-refractivity contribution in [1.82, 2.24) is 10.3 Å². The topological polar surface area (TPSA) is 80.4 Å². The van der Waals surface area contributed by atoms with Gasteiger partial charge in [0, 0.05) is 17.1 Å². The zero-order valence-electron chi connectivity index (χ0n) is 13.3. The molecule has 0 spiro atoms. The van der Waals surface area contributed by atoms with E-state index in [0.29, 0.717) is 23.7 Å². The molecule has 2 aromatic carbocycles. The van der Waals surface area contributed by atoms with E-state index >= 15 is 0 Å². The fraction of sp³-hybridized carbons (Fsp3) is 0.158. The summed E-state index contributed by atoms with van der Waals surface area (Å²) >= 11 is 0. The van der Waals surface area contributed by atoms with E-state index in [4.69, 9.17) is 9.47 Å². The Morgan fingerprint density at radius 2 is 1.84 bits per heavy atom. The van der Waals surface area contributed by atoms with Gasteiger partial charge in [-0.25, -0.2) is 0 Å². The van der Waals surface area contributed by atoms with Gasteiger partial charge < -0.3 is 19.8 Å². The molecule has 1 aromatic heterocycles. The van der Waals surface area contributed by atoms with Gasteiger partial charge in [0.25, 0.3) is 11.7 Å². The molecule has 0 bridgehead atoms. The minimum atomic E-state index is -0.660. The molecule has 0 fully saturated rings. The third kappa shape index (κ3) is 2.94. The first-order valence-electron chi connectivity index (χ1n) is 7.99. The molecule has 1 aliphatic rings. The van der Waals surface area contributed by atoms with Gasteiger partial charge in [-0.1, -0.05) is 30.3 Å². The van der Waals surface area contributed by atoms with Gasteiger partial charge in [0.15, 0.2) is 11.5 Å². The van der Waals surface area contributed by atoms with Gasteiger partial charge in [-0.3, -0.25) is 9.59 Å². The van der Waals surface area contributed by atoms with Gasteiger partial charge in [-0.2, -0.15) is 0 Å². The van der Waals surface area contributed by atoms with Crippen LogP contribution in [0.25, 0.3) is 10.9 Å². The number of rotatable bonds is 4. The van der Waals surface area contributed by atoms with Crippen molar-refractivity contribution in [1.29, 1.82) is 0 Å². The Kier molecular flexibility index (Phi) is 3.85. The van der Waals surface area contributed by atoms with Crippen LogP contribution in [0.2, 0.25) is 0 Å². The molecule has 1 aliphatic heterocycles. The fourth-order valence-electron chi connectivity index (χ4n) is 2.83. The van der Waals surface area contributed by atoms with Crippen molar-refractivity contribution in [2.45, 2.75) is 6.10 Å². The summed E-state index contributed by atoms with van der Waals surface area (Å²) < 4.78 is 11.4. The molecule has 126 valence electrons. The molecule has 25 heavy (non-hydrogen) atoms. The number of benzene rings is 2. The maximum Gasteiger partial charge on any atom is 0.292 e. The number of H-pyrrole nitrogens is 1. The van der Waals surface area contributed by atoms with Crippen molar-refractivity contribution in [3.05, 3.63) is 60.3 Å². The van der Waals surface area contributed by atoms with E-state index < -0.39 is 11.7 Å². The van der Waals surface area contributed by atoms with Crippen LogP contribution in [0.15, 0.2) is 54.7 Å². The molecule has 3 aromatic rings. The van der Waals surface area contributed by atoms with E-state index in [1.165, 1.54) is 0 Å². The third-order valence-electron chi connectivity index (χ3n) is 4.10. The number of aromatic nitrogens is 1. The van der Waals surface area contributed by atoms with Crippen LogP contribution in [-0.4, -0.2) is 35.9 Å². The van der Waals surface area contributed by atoms with E-state index in [0.717, 1.165) is 10.9 Å². The number of aromatic amines is 1. The highest BCUT2D eigenvalue weighted by Gasteiger charge is 2.24. The second kappa shape index (κ2) is 6.32. The van der Waals surface area contributed by atoms with Crippen LogP contribution in [0.4, 0.5) is 0 Å². The van der Waals surface area contributed by atoms with Gasteiger partial charge in [0.2, 0.25) is 0 Å². The van der Waals surface area contributed by atoms with Gasteiger partial charge in [-0.15, -0.1) is 0 Å². The van der Waals surface area contributed by atoms with E-state index in [9.17, 15) is 9.59 Å². The smallest absolute Gasteiger partial charge is 0.292 e. The van der Waals surface area contributed by atoms with Crippen LogP contribution in [0.5, 0.6) is 11.5 Å². The number of Topliss-reactive ketones (excluding diaryl/α,β-unsaturated/α-hetero) is 1. The minimum Gasteiger partial charge on any atom is -0.486 e. The second-order valence-corrected chi connectivity index (χ2v) is 5.78. The monoisotopic (exact) mass is 336 g/mol. The van der Waals surface area contributed by atoms with Gasteiger partial charge >= 0.3 is 0 Å². The number of para-hydroxylation sites is 3. The Balaban J connectivity index is 1.40. The van der Waals surface area contributed by atoms with Crippen molar-refractivity contribution in [3.8, 4) is 11.5 Å². The highest BCUT2D eigenvalue weighted by Crippen LogP contribution is 2.30. The Morgan fingerprint density at radius 3 is 2.72 bits per heavy atom. The van der Waals surface area contributed by atoms with E-state index in [1.54, 1.807) is 18.3 Å². The van der Waals surface area contributed by atoms with Crippen molar-refractivity contribution >= 4 is 22.6 Å². The van der Waals surface area contributed by atoms with Crippen LogP contribution < -0.4 is 14.8 Å². The fourth-order valence-corrected chi connectivity index (χ4v) is 2.83. The molecule has 2 N–H and O–H groups in total. The summed E-state index contributed by atoms with van der Waals surface area (Å²) in [7, 11) is 0. The Hall–Kier alpha value is -3.28. The maximum absolute atomic E-state index is 12.4. The molecule has 1 amide bonds. The lowest BCUT2D eigenvalue weighted by Gasteiger charge is -2.26. The molecule has 1 atom stereocenters. The molecule has 0 aliphatic carbocycles. The summed E-state index contributed by atoms with van der Waals surface area (Å²) in [5, 5.41) is 3.36. The van der Waals surface area contributed by atoms with Crippen LogP contribution in [0.3, 0.4) is 0 Å². The highest BCUT2D eigenvalue weighted by atomic mass is 16.6. The first kappa shape index (κ1) is 15.3. The predicted molar refractivity (Wildman–Crippen MR) is 92.0 cm³/mol. The van der Waals surface area contributed by atoms with Crippen LogP contribution >= 0.6 is 0 Å². The molecule has 2 heterocycles. The highest BCUT2D eigenvalue weighted by molar-refractivity contribution is 6.44. The van der Waals surface area contributed by atoms with Crippen molar-refractivity contribution in [2.75, 3.05) is 13.2 Å². The lowest BCUT2D eigenvalue weighted by molar-refractivity contribution is -0.117.